The summed E-state index contributed by atoms with van der Waals surface area (Å²) < 4.78 is 42.9. The Morgan fingerprint density at radius 3 is 2.33 bits per heavy atom. The SMILES string of the molecule is C[C@H](NC(=O)OC(C)(C)C)C(=O)N1CCC[C@@H](CCCS(=O)(=O)c2ncc(B3OC(C)(C)C(C)(C)O3)cn2)C1. The molecule has 39 heavy (non-hydrogen) atoms. The molecule has 218 valence electrons. The average Bonchev–Trinajstić information content (AvgIpc) is 3.04. The second-order valence-electron chi connectivity index (χ2n) is 12.5. The van der Waals surface area contributed by atoms with Crippen LogP contribution in [0.5, 0.6) is 0 Å². The Balaban J connectivity index is 1.49. The number of alkyl carbamates (subject to hydrolysis) is 1. The third-order valence-electron chi connectivity index (χ3n) is 7.41. The van der Waals surface area contributed by atoms with Crippen molar-refractivity contribution in [1.29, 1.82) is 0 Å². The fourth-order valence-corrected chi connectivity index (χ4v) is 5.72. The van der Waals surface area contributed by atoms with E-state index in [1.54, 1.807) is 32.6 Å². The summed E-state index contributed by atoms with van der Waals surface area (Å²) in [7, 11) is -4.33. The van der Waals surface area contributed by atoms with E-state index in [2.05, 4.69) is 15.3 Å². The zero-order valence-electron chi connectivity index (χ0n) is 24.4. The molecule has 1 aromatic heterocycles. The Morgan fingerprint density at radius 2 is 1.77 bits per heavy atom. The van der Waals surface area contributed by atoms with Gasteiger partial charge in [0.15, 0.2) is 0 Å². The molecule has 0 bridgehead atoms. The van der Waals surface area contributed by atoms with Crippen LogP contribution in [0.4, 0.5) is 4.79 Å². The third-order valence-corrected chi connectivity index (χ3v) is 9.00. The van der Waals surface area contributed by atoms with Gasteiger partial charge in [0, 0.05) is 30.9 Å². The van der Waals surface area contributed by atoms with E-state index in [0.717, 1.165) is 12.8 Å². The van der Waals surface area contributed by atoms with Crippen molar-refractivity contribution in [3.63, 3.8) is 0 Å². The van der Waals surface area contributed by atoms with Crippen LogP contribution in [0.15, 0.2) is 17.6 Å². The molecule has 2 aliphatic rings. The number of sulfone groups is 1. The van der Waals surface area contributed by atoms with Crippen LogP contribution in [-0.4, -0.2) is 84.1 Å². The lowest BCUT2D eigenvalue weighted by Crippen LogP contribution is -2.50. The highest BCUT2D eigenvalue weighted by molar-refractivity contribution is 7.91. The van der Waals surface area contributed by atoms with E-state index < -0.39 is 45.9 Å². The maximum atomic E-state index is 12.9. The van der Waals surface area contributed by atoms with Crippen LogP contribution in [0.3, 0.4) is 0 Å². The Bertz CT molecular complexity index is 1120. The second kappa shape index (κ2) is 11.7. The van der Waals surface area contributed by atoms with Crippen LogP contribution >= 0.6 is 0 Å². The van der Waals surface area contributed by atoms with Gasteiger partial charge >= 0.3 is 13.2 Å². The first-order valence-electron chi connectivity index (χ1n) is 13.6. The monoisotopic (exact) mass is 566 g/mol. The van der Waals surface area contributed by atoms with E-state index >= 15 is 0 Å². The summed E-state index contributed by atoms with van der Waals surface area (Å²) in [6.45, 7) is 15.8. The summed E-state index contributed by atoms with van der Waals surface area (Å²) in [5, 5.41) is 2.38. The van der Waals surface area contributed by atoms with Crippen molar-refractivity contribution in [2.24, 2.45) is 5.92 Å². The van der Waals surface area contributed by atoms with E-state index in [9.17, 15) is 18.0 Å². The standard InChI is InChI=1S/C26H43BN4O7S/c1-18(30-23(33)36-24(2,3)4)21(32)31-13-9-11-19(17-31)12-10-14-39(34,35)22-28-15-20(16-29-22)27-37-25(5,6)26(7,8)38-27/h15-16,18-19H,9-14,17H2,1-8H3,(H,30,33)/t18-,19-/m0/s1. The third kappa shape index (κ3) is 8.14. The summed E-state index contributed by atoms with van der Waals surface area (Å²) in [5.74, 6) is -0.0730. The highest BCUT2D eigenvalue weighted by atomic mass is 32.2. The first-order valence-corrected chi connectivity index (χ1v) is 15.2. The lowest BCUT2D eigenvalue weighted by Gasteiger charge is -2.34. The molecule has 2 fully saturated rings. The summed E-state index contributed by atoms with van der Waals surface area (Å²) in [6.07, 6.45) is 5.08. The Kier molecular flexibility index (Phi) is 9.39. The second-order valence-corrected chi connectivity index (χ2v) is 14.5. The van der Waals surface area contributed by atoms with Gasteiger partial charge in [-0.2, -0.15) is 0 Å². The van der Waals surface area contributed by atoms with Crippen molar-refractivity contribution in [1.82, 2.24) is 20.2 Å². The molecule has 3 rings (SSSR count). The van der Waals surface area contributed by atoms with Crippen LogP contribution < -0.4 is 10.8 Å². The van der Waals surface area contributed by atoms with Gasteiger partial charge in [0.05, 0.1) is 17.0 Å². The van der Waals surface area contributed by atoms with Crippen molar-refractivity contribution in [2.75, 3.05) is 18.8 Å². The molecule has 13 heteroatoms. The van der Waals surface area contributed by atoms with Crippen LogP contribution in [0, 0.1) is 5.92 Å². The average molecular weight is 567 g/mol. The number of hydrogen-bond acceptors (Lipinski definition) is 9. The number of nitrogens with zero attached hydrogens (tertiary/aromatic N) is 3. The normalized spacial score (nSPS) is 21.9. The summed E-state index contributed by atoms with van der Waals surface area (Å²) in [6, 6.07) is -0.712. The number of nitrogens with one attached hydrogen (secondary N) is 1. The molecule has 0 saturated carbocycles. The molecule has 2 saturated heterocycles. The van der Waals surface area contributed by atoms with Gasteiger partial charge in [-0.3, -0.25) is 4.79 Å². The minimum absolute atomic E-state index is 0.0795. The van der Waals surface area contributed by atoms with Gasteiger partial charge in [-0.25, -0.2) is 23.2 Å². The molecule has 0 spiro atoms. The molecule has 2 amide bonds. The van der Waals surface area contributed by atoms with E-state index in [1.807, 2.05) is 27.7 Å². The van der Waals surface area contributed by atoms with Crippen LogP contribution in [0.1, 0.15) is 81.1 Å². The molecule has 11 nitrogen and oxygen atoms in total. The minimum atomic E-state index is -3.66. The van der Waals surface area contributed by atoms with Crippen molar-refractivity contribution >= 4 is 34.4 Å². The summed E-state index contributed by atoms with van der Waals surface area (Å²) in [5.41, 5.74) is -1.12. The highest BCUT2D eigenvalue weighted by Gasteiger charge is 2.52. The number of likely N-dealkylation sites (tertiary alicyclic amines) is 1. The Morgan fingerprint density at radius 1 is 1.18 bits per heavy atom. The molecule has 3 heterocycles. The van der Waals surface area contributed by atoms with Gasteiger partial charge in [0.25, 0.3) is 0 Å². The van der Waals surface area contributed by atoms with Crippen molar-refractivity contribution < 1.29 is 32.1 Å². The Hall–Kier alpha value is -2.25. The first kappa shape index (κ1) is 31.3. The molecule has 2 atom stereocenters. The minimum Gasteiger partial charge on any atom is -0.444 e. The first-order chi connectivity index (χ1) is 17.9. The van der Waals surface area contributed by atoms with Crippen molar-refractivity contribution in [3.8, 4) is 0 Å². The van der Waals surface area contributed by atoms with Gasteiger partial charge in [-0.1, -0.05) is 0 Å². The maximum absolute atomic E-state index is 12.9. The van der Waals surface area contributed by atoms with Gasteiger partial charge in [-0.15, -0.1) is 0 Å². The molecule has 0 aromatic carbocycles. The summed E-state index contributed by atoms with van der Waals surface area (Å²) >= 11 is 0. The van der Waals surface area contributed by atoms with E-state index in [1.165, 1.54) is 12.4 Å². The zero-order valence-corrected chi connectivity index (χ0v) is 25.3. The lowest BCUT2D eigenvalue weighted by atomic mass is 9.81. The van der Waals surface area contributed by atoms with E-state index in [4.69, 9.17) is 14.0 Å². The number of aromatic nitrogens is 2. The smallest absolute Gasteiger partial charge is 0.444 e. The molecule has 1 aromatic rings. The summed E-state index contributed by atoms with van der Waals surface area (Å²) in [4.78, 5) is 34.8. The highest BCUT2D eigenvalue weighted by Crippen LogP contribution is 2.36. The number of ether oxygens (including phenoxy) is 1. The number of rotatable bonds is 8. The predicted molar refractivity (Wildman–Crippen MR) is 147 cm³/mol. The molecule has 0 radical (unpaired) electrons. The number of hydrogen-bond donors (Lipinski definition) is 1. The Labute approximate surface area is 232 Å². The molecule has 0 aliphatic carbocycles. The quantitative estimate of drug-likeness (QED) is 0.372. The lowest BCUT2D eigenvalue weighted by molar-refractivity contribution is -0.134. The molecular weight excluding hydrogens is 523 g/mol. The van der Waals surface area contributed by atoms with E-state index in [-0.39, 0.29) is 22.7 Å². The fraction of sp³-hybridized carbons (Fsp3) is 0.769. The zero-order chi connectivity index (χ0) is 29.2. The maximum Gasteiger partial charge on any atom is 0.498 e. The number of carbonyl (C=O) groups excluding carboxylic acids is 2. The van der Waals surface area contributed by atoms with Gasteiger partial charge < -0.3 is 24.3 Å². The van der Waals surface area contributed by atoms with Crippen LogP contribution in [0.25, 0.3) is 0 Å². The van der Waals surface area contributed by atoms with Crippen molar-refractivity contribution in [3.05, 3.63) is 12.4 Å². The van der Waals surface area contributed by atoms with Gasteiger partial charge in [0.1, 0.15) is 11.6 Å². The molecular formula is C26H43BN4O7S. The van der Waals surface area contributed by atoms with Gasteiger partial charge in [0.2, 0.25) is 20.9 Å². The predicted octanol–water partition coefficient (Wildman–Crippen LogP) is 2.48. The van der Waals surface area contributed by atoms with Crippen LogP contribution in [0.2, 0.25) is 0 Å². The molecule has 1 N–H and O–H groups in total. The largest absolute Gasteiger partial charge is 0.498 e. The number of carbonyl (C=O) groups is 2. The van der Waals surface area contributed by atoms with Crippen molar-refractivity contribution in [2.45, 2.75) is 109 Å². The van der Waals surface area contributed by atoms with E-state index in [0.29, 0.717) is 31.4 Å². The fourth-order valence-electron chi connectivity index (χ4n) is 4.56. The molecule has 2 aliphatic heterocycles. The molecule has 0 unspecified atom stereocenters. The van der Waals surface area contributed by atoms with Crippen LogP contribution in [-0.2, 0) is 28.7 Å². The number of amides is 2. The van der Waals surface area contributed by atoms with Gasteiger partial charge in [-0.05, 0) is 87.0 Å². The topological polar surface area (TPSA) is 137 Å². The number of piperidine rings is 1.